The number of hydrogen-bond donors (Lipinski definition) is 0. The van der Waals surface area contributed by atoms with Crippen LogP contribution < -0.4 is 4.90 Å². The van der Waals surface area contributed by atoms with Gasteiger partial charge < -0.3 is 4.90 Å². The van der Waals surface area contributed by atoms with Gasteiger partial charge in [0.1, 0.15) is 17.7 Å². The zero-order chi connectivity index (χ0) is 13.7. The molecule has 0 aliphatic carbocycles. The zero-order valence-corrected chi connectivity index (χ0v) is 11.2. The van der Waals surface area contributed by atoms with E-state index in [9.17, 15) is 0 Å². The lowest BCUT2D eigenvalue weighted by Gasteiger charge is -2.30. The molecule has 1 aromatic carbocycles. The minimum absolute atomic E-state index is 0.199. The highest BCUT2D eigenvalue weighted by molar-refractivity contribution is 5.81. The van der Waals surface area contributed by atoms with Crippen molar-refractivity contribution in [2.24, 2.45) is 0 Å². The Labute approximate surface area is 114 Å². The second-order valence-electron chi connectivity index (χ2n) is 4.79. The lowest BCUT2D eigenvalue weighted by Crippen LogP contribution is -2.30. The Morgan fingerprint density at radius 2 is 1.68 bits per heavy atom. The van der Waals surface area contributed by atoms with E-state index in [1.54, 1.807) is 0 Å². The molecule has 1 fully saturated rings. The van der Waals surface area contributed by atoms with Gasteiger partial charge in [-0.05, 0) is 37.8 Å². The molecule has 0 bridgehead atoms. The molecular weight excluding hydrogens is 234 g/mol. The second kappa shape index (κ2) is 6.07. The summed E-state index contributed by atoms with van der Waals surface area (Å²) in [4.78, 5) is 2.36. The molecule has 0 unspecified atom stereocenters. The van der Waals surface area contributed by atoms with Crippen molar-refractivity contribution in [3.63, 3.8) is 0 Å². The first-order chi connectivity index (χ1) is 9.27. The van der Waals surface area contributed by atoms with Crippen LogP contribution in [0.3, 0.4) is 0 Å². The Morgan fingerprint density at radius 3 is 2.32 bits per heavy atom. The van der Waals surface area contributed by atoms with Crippen LogP contribution in [0.1, 0.15) is 31.7 Å². The van der Waals surface area contributed by atoms with E-state index < -0.39 is 0 Å². The molecular formula is C16H17N3. The van der Waals surface area contributed by atoms with E-state index in [4.69, 9.17) is 10.5 Å². The number of para-hydroxylation sites is 1. The molecule has 19 heavy (non-hydrogen) atoms. The Balaban J connectivity index is 2.45. The fraction of sp³-hybridized carbons (Fsp3) is 0.375. The first-order valence-corrected chi connectivity index (χ1v) is 6.63. The van der Waals surface area contributed by atoms with Crippen molar-refractivity contribution in [2.45, 2.75) is 26.2 Å². The van der Waals surface area contributed by atoms with Gasteiger partial charge in [-0.25, -0.2) is 0 Å². The highest BCUT2D eigenvalue weighted by Crippen LogP contribution is 2.30. The van der Waals surface area contributed by atoms with E-state index in [-0.39, 0.29) is 5.57 Å². The van der Waals surface area contributed by atoms with Gasteiger partial charge in [-0.15, -0.1) is 0 Å². The van der Waals surface area contributed by atoms with Crippen LogP contribution in [0.5, 0.6) is 0 Å². The Kier molecular flexibility index (Phi) is 4.21. The molecule has 0 N–H and O–H groups in total. The predicted molar refractivity (Wildman–Crippen MR) is 76.3 cm³/mol. The highest BCUT2D eigenvalue weighted by Gasteiger charge is 2.16. The smallest absolute Gasteiger partial charge is 0.133 e. The molecule has 3 nitrogen and oxygen atoms in total. The van der Waals surface area contributed by atoms with Crippen LogP contribution >= 0.6 is 0 Å². The standard InChI is InChI=1S/C16H17N3/c1-13(14(11-17)12-18)15-7-3-4-8-16(15)19-9-5-2-6-10-19/h3-4,7-8H,2,5-6,9-10H2,1H3. The first kappa shape index (κ1) is 13.2. The molecule has 96 valence electrons. The van der Waals surface area contributed by atoms with Crippen molar-refractivity contribution in [3.8, 4) is 12.1 Å². The summed E-state index contributed by atoms with van der Waals surface area (Å²) in [7, 11) is 0. The van der Waals surface area contributed by atoms with E-state index in [1.807, 2.05) is 37.3 Å². The summed E-state index contributed by atoms with van der Waals surface area (Å²) in [6, 6.07) is 12.0. The number of nitriles is 2. The SMILES string of the molecule is CC(=C(C#N)C#N)c1ccccc1N1CCCCC1. The maximum Gasteiger partial charge on any atom is 0.133 e. The van der Waals surface area contributed by atoms with Gasteiger partial charge in [-0.1, -0.05) is 18.2 Å². The van der Waals surface area contributed by atoms with Crippen molar-refractivity contribution < 1.29 is 0 Å². The summed E-state index contributed by atoms with van der Waals surface area (Å²) < 4.78 is 0. The summed E-state index contributed by atoms with van der Waals surface area (Å²) in [6.07, 6.45) is 3.70. The summed E-state index contributed by atoms with van der Waals surface area (Å²) in [5.74, 6) is 0. The Morgan fingerprint density at radius 1 is 1.05 bits per heavy atom. The lowest BCUT2D eigenvalue weighted by atomic mass is 9.99. The van der Waals surface area contributed by atoms with E-state index in [2.05, 4.69) is 11.0 Å². The van der Waals surface area contributed by atoms with Crippen molar-refractivity contribution in [3.05, 3.63) is 35.4 Å². The normalized spacial score (nSPS) is 14.4. The maximum atomic E-state index is 9.02. The van der Waals surface area contributed by atoms with E-state index in [1.165, 1.54) is 19.3 Å². The molecule has 1 aliphatic heterocycles. The largest absolute Gasteiger partial charge is 0.371 e. The number of anilines is 1. The molecule has 0 aromatic heterocycles. The van der Waals surface area contributed by atoms with Gasteiger partial charge in [0.2, 0.25) is 0 Å². The Bertz CT molecular complexity index is 550. The third-order valence-corrected chi connectivity index (χ3v) is 3.60. The molecule has 2 rings (SSSR count). The van der Waals surface area contributed by atoms with Crippen molar-refractivity contribution in [1.29, 1.82) is 10.5 Å². The molecule has 0 atom stereocenters. The quantitative estimate of drug-likeness (QED) is 0.756. The highest BCUT2D eigenvalue weighted by atomic mass is 15.1. The second-order valence-corrected chi connectivity index (χ2v) is 4.79. The average Bonchev–Trinajstić information content (AvgIpc) is 2.49. The molecule has 3 heteroatoms. The average molecular weight is 251 g/mol. The van der Waals surface area contributed by atoms with Gasteiger partial charge in [-0.2, -0.15) is 10.5 Å². The number of benzene rings is 1. The van der Waals surface area contributed by atoms with Gasteiger partial charge in [0.25, 0.3) is 0 Å². The molecule has 1 heterocycles. The van der Waals surface area contributed by atoms with Gasteiger partial charge in [-0.3, -0.25) is 0 Å². The van der Waals surface area contributed by atoms with Crippen molar-refractivity contribution >= 4 is 11.3 Å². The number of nitrogens with zero attached hydrogens (tertiary/aromatic N) is 3. The minimum atomic E-state index is 0.199. The van der Waals surface area contributed by atoms with Gasteiger partial charge in [0.05, 0.1) is 0 Å². The van der Waals surface area contributed by atoms with Crippen LogP contribution in [0.4, 0.5) is 5.69 Å². The molecule has 0 saturated carbocycles. The van der Waals surface area contributed by atoms with Gasteiger partial charge in [0.15, 0.2) is 0 Å². The van der Waals surface area contributed by atoms with E-state index >= 15 is 0 Å². The number of allylic oxidation sites excluding steroid dienone is 2. The maximum absolute atomic E-state index is 9.02. The monoisotopic (exact) mass is 251 g/mol. The summed E-state index contributed by atoms with van der Waals surface area (Å²) >= 11 is 0. The zero-order valence-electron chi connectivity index (χ0n) is 11.2. The van der Waals surface area contributed by atoms with Crippen LogP contribution in [0.2, 0.25) is 0 Å². The molecule has 1 saturated heterocycles. The van der Waals surface area contributed by atoms with Crippen LogP contribution in [0.15, 0.2) is 29.8 Å². The predicted octanol–water partition coefficient (Wildman–Crippen LogP) is 3.50. The summed E-state index contributed by atoms with van der Waals surface area (Å²) in [6.45, 7) is 3.96. The number of piperidine rings is 1. The number of hydrogen-bond acceptors (Lipinski definition) is 3. The molecule has 1 aliphatic rings. The fourth-order valence-electron chi connectivity index (χ4n) is 2.53. The fourth-order valence-corrected chi connectivity index (χ4v) is 2.53. The molecule has 0 amide bonds. The van der Waals surface area contributed by atoms with Crippen LogP contribution in [0.25, 0.3) is 5.57 Å². The third-order valence-electron chi connectivity index (χ3n) is 3.60. The first-order valence-electron chi connectivity index (χ1n) is 6.63. The minimum Gasteiger partial charge on any atom is -0.371 e. The van der Waals surface area contributed by atoms with E-state index in [0.29, 0.717) is 0 Å². The summed E-state index contributed by atoms with van der Waals surface area (Å²) in [5.41, 5.74) is 3.11. The molecule has 0 spiro atoms. The van der Waals surface area contributed by atoms with Crippen molar-refractivity contribution in [1.82, 2.24) is 0 Å². The summed E-state index contributed by atoms with van der Waals surface area (Å²) in [5, 5.41) is 18.0. The van der Waals surface area contributed by atoms with Crippen LogP contribution in [-0.2, 0) is 0 Å². The van der Waals surface area contributed by atoms with Crippen molar-refractivity contribution in [2.75, 3.05) is 18.0 Å². The number of rotatable bonds is 2. The third kappa shape index (κ3) is 2.77. The molecule has 0 radical (unpaired) electrons. The topological polar surface area (TPSA) is 50.8 Å². The van der Waals surface area contributed by atoms with Gasteiger partial charge in [0, 0.05) is 24.3 Å². The Hall–Kier alpha value is -2.26. The van der Waals surface area contributed by atoms with Crippen LogP contribution in [-0.4, -0.2) is 13.1 Å². The molecule has 1 aromatic rings. The lowest BCUT2D eigenvalue weighted by molar-refractivity contribution is 0.577. The van der Waals surface area contributed by atoms with E-state index in [0.717, 1.165) is 29.9 Å². The van der Waals surface area contributed by atoms with Gasteiger partial charge >= 0.3 is 0 Å². The van der Waals surface area contributed by atoms with Crippen LogP contribution in [0, 0.1) is 22.7 Å².